The van der Waals surface area contributed by atoms with Crippen LogP contribution in [0.5, 0.6) is 11.5 Å². The molecule has 0 fully saturated rings. The highest BCUT2D eigenvalue weighted by Gasteiger charge is 2.35. The number of aromatic nitrogens is 1. The first-order chi connectivity index (χ1) is 11.6. The van der Waals surface area contributed by atoms with Crippen LogP contribution in [-0.4, -0.2) is 44.2 Å². The van der Waals surface area contributed by atoms with Gasteiger partial charge in [-0.2, -0.15) is 0 Å². The van der Waals surface area contributed by atoms with Crippen molar-refractivity contribution in [2.45, 2.75) is 12.5 Å². The number of hydrogen-bond acceptors (Lipinski definition) is 4. The second kappa shape index (κ2) is 6.39. The molecule has 2 amide bonds. The third kappa shape index (κ3) is 2.64. The summed E-state index contributed by atoms with van der Waals surface area (Å²) in [6, 6.07) is 9.29. The molecule has 0 spiro atoms. The minimum atomic E-state index is -0.146. The maximum atomic E-state index is 12.5. The average molecular weight is 327 g/mol. The van der Waals surface area contributed by atoms with Gasteiger partial charge in [0.05, 0.1) is 31.6 Å². The summed E-state index contributed by atoms with van der Waals surface area (Å²) >= 11 is 0. The lowest BCUT2D eigenvalue weighted by Gasteiger charge is -2.38. The van der Waals surface area contributed by atoms with Gasteiger partial charge in [0.25, 0.3) is 0 Å². The molecule has 0 saturated carbocycles. The number of pyridine rings is 1. The molecule has 0 aliphatic carbocycles. The Labute approximate surface area is 141 Å². The summed E-state index contributed by atoms with van der Waals surface area (Å²) in [4.78, 5) is 20.4. The number of carbonyl (C=O) groups excluding carboxylic acids is 1. The molecule has 0 saturated heterocycles. The van der Waals surface area contributed by atoms with Crippen LogP contribution < -0.4 is 14.4 Å². The first-order valence-electron chi connectivity index (χ1n) is 7.73. The fourth-order valence-corrected chi connectivity index (χ4v) is 3.07. The molecule has 0 N–H and O–H groups in total. The number of fused-ring (bicyclic) bond motifs is 1. The standard InChI is InChI=1S/C18H21N3O3/c1-20-14-6-5-9-19-17(14)15(21(2)18(20)22)10-12-7-8-13(23-3)11-16(12)24-4/h5-9,11,15H,10H2,1-4H3. The van der Waals surface area contributed by atoms with E-state index in [1.807, 2.05) is 30.3 Å². The molecule has 1 aliphatic rings. The van der Waals surface area contributed by atoms with E-state index < -0.39 is 0 Å². The Balaban J connectivity index is 2.00. The van der Waals surface area contributed by atoms with Gasteiger partial charge in [0.1, 0.15) is 11.5 Å². The summed E-state index contributed by atoms with van der Waals surface area (Å²) in [5.41, 5.74) is 2.74. The van der Waals surface area contributed by atoms with E-state index in [1.165, 1.54) is 0 Å². The SMILES string of the molecule is COc1ccc(CC2c3ncccc3N(C)C(=O)N2C)c(OC)c1. The van der Waals surface area contributed by atoms with Gasteiger partial charge in [0.2, 0.25) is 0 Å². The smallest absolute Gasteiger partial charge is 0.324 e. The van der Waals surface area contributed by atoms with Crippen LogP contribution in [0.3, 0.4) is 0 Å². The van der Waals surface area contributed by atoms with Crippen molar-refractivity contribution in [2.24, 2.45) is 0 Å². The van der Waals surface area contributed by atoms with Crippen molar-refractivity contribution in [1.29, 1.82) is 0 Å². The third-order valence-corrected chi connectivity index (χ3v) is 4.46. The van der Waals surface area contributed by atoms with Gasteiger partial charge >= 0.3 is 6.03 Å². The molecular weight excluding hydrogens is 306 g/mol. The van der Waals surface area contributed by atoms with Crippen molar-refractivity contribution in [1.82, 2.24) is 9.88 Å². The highest BCUT2D eigenvalue weighted by molar-refractivity contribution is 5.94. The van der Waals surface area contributed by atoms with Crippen molar-refractivity contribution in [2.75, 3.05) is 33.2 Å². The van der Waals surface area contributed by atoms with Gasteiger partial charge in [-0.15, -0.1) is 0 Å². The molecule has 126 valence electrons. The topological polar surface area (TPSA) is 54.9 Å². The van der Waals surface area contributed by atoms with Crippen LogP contribution in [0, 0.1) is 0 Å². The molecule has 1 aromatic carbocycles. The van der Waals surface area contributed by atoms with Crippen LogP contribution in [0.2, 0.25) is 0 Å². The van der Waals surface area contributed by atoms with Crippen molar-refractivity contribution in [3.63, 3.8) is 0 Å². The molecule has 2 aromatic rings. The van der Waals surface area contributed by atoms with E-state index in [0.29, 0.717) is 6.42 Å². The molecule has 2 heterocycles. The second-order valence-electron chi connectivity index (χ2n) is 5.76. The summed E-state index contributed by atoms with van der Waals surface area (Å²) in [5.74, 6) is 1.48. The quantitative estimate of drug-likeness (QED) is 0.866. The largest absolute Gasteiger partial charge is 0.497 e. The van der Waals surface area contributed by atoms with E-state index in [1.54, 1.807) is 44.3 Å². The Morgan fingerprint density at radius 3 is 2.67 bits per heavy atom. The molecule has 3 rings (SSSR count). The molecule has 6 nitrogen and oxygen atoms in total. The van der Waals surface area contributed by atoms with Crippen LogP contribution in [0.4, 0.5) is 10.5 Å². The molecule has 1 aromatic heterocycles. The maximum Gasteiger partial charge on any atom is 0.324 e. The van der Waals surface area contributed by atoms with Crippen molar-refractivity contribution >= 4 is 11.7 Å². The Kier molecular flexibility index (Phi) is 4.29. The summed E-state index contributed by atoms with van der Waals surface area (Å²) in [5, 5.41) is 0. The minimum absolute atomic E-state index is 0.0482. The number of nitrogens with zero attached hydrogens (tertiary/aromatic N) is 3. The average Bonchev–Trinajstić information content (AvgIpc) is 2.63. The van der Waals surface area contributed by atoms with Gasteiger partial charge in [0, 0.05) is 32.8 Å². The highest BCUT2D eigenvalue weighted by atomic mass is 16.5. The van der Waals surface area contributed by atoms with Crippen LogP contribution in [-0.2, 0) is 6.42 Å². The highest BCUT2D eigenvalue weighted by Crippen LogP contribution is 2.37. The minimum Gasteiger partial charge on any atom is -0.497 e. The molecule has 1 unspecified atom stereocenters. The van der Waals surface area contributed by atoms with Gasteiger partial charge in [0.15, 0.2) is 0 Å². The van der Waals surface area contributed by atoms with Gasteiger partial charge in [-0.1, -0.05) is 6.07 Å². The van der Waals surface area contributed by atoms with Crippen LogP contribution in [0.15, 0.2) is 36.5 Å². The van der Waals surface area contributed by atoms with Crippen LogP contribution in [0.1, 0.15) is 17.3 Å². The second-order valence-corrected chi connectivity index (χ2v) is 5.76. The Morgan fingerprint density at radius 2 is 1.96 bits per heavy atom. The number of likely N-dealkylation sites (N-methyl/N-ethyl adjacent to an activating group) is 1. The lowest BCUT2D eigenvalue weighted by atomic mass is 9.97. The lowest BCUT2D eigenvalue weighted by Crippen LogP contribution is -2.46. The van der Waals surface area contributed by atoms with E-state index in [4.69, 9.17) is 9.47 Å². The number of hydrogen-bond donors (Lipinski definition) is 0. The summed E-state index contributed by atoms with van der Waals surface area (Å²) < 4.78 is 10.7. The fraction of sp³-hybridized carbons (Fsp3) is 0.333. The van der Waals surface area contributed by atoms with Crippen LogP contribution >= 0.6 is 0 Å². The number of amides is 2. The Hall–Kier alpha value is -2.76. The van der Waals surface area contributed by atoms with Crippen LogP contribution in [0.25, 0.3) is 0 Å². The van der Waals surface area contributed by atoms with Crippen molar-refractivity contribution < 1.29 is 14.3 Å². The maximum absolute atomic E-state index is 12.5. The molecule has 1 atom stereocenters. The van der Waals surface area contributed by atoms with Gasteiger partial charge in [-0.3, -0.25) is 9.88 Å². The number of ether oxygens (including phenoxy) is 2. The fourth-order valence-electron chi connectivity index (χ4n) is 3.07. The lowest BCUT2D eigenvalue weighted by molar-refractivity contribution is 0.191. The molecule has 1 aliphatic heterocycles. The third-order valence-electron chi connectivity index (χ3n) is 4.46. The van der Waals surface area contributed by atoms with E-state index in [-0.39, 0.29) is 12.1 Å². The zero-order chi connectivity index (χ0) is 17.3. The number of carbonyl (C=O) groups is 1. The monoisotopic (exact) mass is 327 g/mol. The number of methoxy groups -OCH3 is 2. The van der Waals surface area contributed by atoms with Gasteiger partial charge < -0.3 is 14.4 Å². The Bertz CT molecular complexity index is 763. The molecule has 0 radical (unpaired) electrons. The number of anilines is 1. The number of urea groups is 1. The normalized spacial score (nSPS) is 16.8. The summed E-state index contributed by atoms with van der Waals surface area (Å²) in [7, 11) is 6.83. The van der Waals surface area contributed by atoms with E-state index in [2.05, 4.69) is 4.98 Å². The van der Waals surface area contributed by atoms with E-state index in [9.17, 15) is 4.79 Å². The van der Waals surface area contributed by atoms with E-state index >= 15 is 0 Å². The molecule has 24 heavy (non-hydrogen) atoms. The zero-order valence-electron chi connectivity index (χ0n) is 14.3. The summed E-state index contributed by atoms with van der Waals surface area (Å²) in [6.07, 6.45) is 2.38. The van der Waals surface area contributed by atoms with Crippen molar-refractivity contribution in [3.05, 3.63) is 47.8 Å². The van der Waals surface area contributed by atoms with Gasteiger partial charge in [-0.05, 0) is 23.8 Å². The summed E-state index contributed by atoms with van der Waals surface area (Å²) in [6.45, 7) is 0. The molecule has 0 bridgehead atoms. The van der Waals surface area contributed by atoms with Gasteiger partial charge in [-0.25, -0.2) is 4.79 Å². The predicted molar refractivity (Wildman–Crippen MR) is 91.8 cm³/mol. The first-order valence-corrected chi connectivity index (χ1v) is 7.73. The molecule has 6 heteroatoms. The zero-order valence-corrected chi connectivity index (χ0v) is 14.3. The Morgan fingerprint density at radius 1 is 1.17 bits per heavy atom. The van der Waals surface area contributed by atoms with Crippen molar-refractivity contribution in [3.8, 4) is 11.5 Å². The molecular formula is C18H21N3O3. The predicted octanol–water partition coefficient (Wildman–Crippen LogP) is 2.88. The number of benzene rings is 1. The van der Waals surface area contributed by atoms with E-state index in [0.717, 1.165) is 28.4 Å². The first kappa shape index (κ1) is 16.1. The number of rotatable bonds is 4.